The number of aromatic nitrogens is 1. The van der Waals surface area contributed by atoms with E-state index in [-0.39, 0.29) is 0 Å². The zero-order valence-corrected chi connectivity index (χ0v) is 33.8. The molecule has 12 rings (SSSR count). The first-order valence-corrected chi connectivity index (χ1v) is 21.4. The molecule has 2 aromatic heterocycles. The lowest BCUT2D eigenvalue weighted by Crippen LogP contribution is -2.10. The summed E-state index contributed by atoms with van der Waals surface area (Å²) in [6, 6.07) is 78.5. The Kier molecular flexibility index (Phi) is 8.36. The molecular formula is C57H36N2OS. The van der Waals surface area contributed by atoms with Crippen LogP contribution in [0, 0.1) is 0 Å². The second kappa shape index (κ2) is 14.5. The lowest BCUT2D eigenvalue weighted by atomic mass is 9.92. The lowest BCUT2D eigenvalue weighted by Gasteiger charge is -2.27. The molecule has 12 aromatic rings. The summed E-state index contributed by atoms with van der Waals surface area (Å²) in [5, 5.41) is 7.33. The Morgan fingerprint density at radius 3 is 1.84 bits per heavy atom. The number of benzene rings is 10. The van der Waals surface area contributed by atoms with Crippen molar-refractivity contribution in [3.05, 3.63) is 218 Å². The van der Waals surface area contributed by atoms with E-state index >= 15 is 0 Å². The Hall–Kier alpha value is -7.79. The Balaban J connectivity index is 1.02. The van der Waals surface area contributed by atoms with E-state index in [0.29, 0.717) is 5.89 Å². The monoisotopic (exact) mass is 796 g/mol. The van der Waals surface area contributed by atoms with Crippen molar-refractivity contribution in [2.75, 3.05) is 4.90 Å². The van der Waals surface area contributed by atoms with E-state index in [1.165, 1.54) is 75.1 Å². The summed E-state index contributed by atoms with van der Waals surface area (Å²) in [6.07, 6.45) is 0. The van der Waals surface area contributed by atoms with Crippen molar-refractivity contribution in [1.82, 2.24) is 4.98 Å². The van der Waals surface area contributed by atoms with Gasteiger partial charge in [-0.3, -0.25) is 0 Å². The third kappa shape index (κ3) is 6.24. The minimum absolute atomic E-state index is 0.642. The van der Waals surface area contributed by atoms with Gasteiger partial charge in [-0.1, -0.05) is 152 Å². The summed E-state index contributed by atoms with van der Waals surface area (Å²) in [4.78, 5) is 7.28. The maximum absolute atomic E-state index is 6.32. The SMILES string of the molecule is c1ccc(-c2nc3cc4sc5cc(N(c6ccc(-c7cccc8ccccc78)cc6)c6ccc(-c7ccc8ccccc8c7)c(-c7ccccc7)c6)ccc5c4cc3o2)cc1. The van der Waals surface area contributed by atoms with Crippen LogP contribution >= 0.6 is 11.3 Å². The highest BCUT2D eigenvalue weighted by atomic mass is 32.1. The van der Waals surface area contributed by atoms with E-state index in [1.54, 1.807) is 11.3 Å². The highest BCUT2D eigenvalue weighted by Gasteiger charge is 2.19. The molecule has 286 valence electrons. The number of rotatable bonds is 7. The van der Waals surface area contributed by atoms with Gasteiger partial charge in [-0.05, 0) is 122 Å². The molecule has 0 spiro atoms. The van der Waals surface area contributed by atoms with E-state index in [4.69, 9.17) is 9.40 Å². The van der Waals surface area contributed by atoms with Gasteiger partial charge in [0.1, 0.15) is 5.52 Å². The zero-order valence-electron chi connectivity index (χ0n) is 33.0. The summed E-state index contributed by atoms with van der Waals surface area (Å²) in [5.41, 5.74) is 13.0. The van der Waals surface area contributed by atoms with Crippen LogP contribution < -0.4 is 4.90 Å². The largest absolute Gasteiger partial charge is 0.436 e. The summed E-state index contributed by atoms with van der Waals surface area (Å²) >= 11 is 1.80. The fourth-order valence-corrected chi connectivity index (χ4v) is 10.0. The lowest BCUT2D eigenvalue weighted by molar-refractivity contribution is 0.620. The minimum Gasteiger partial charge on any atom is -0.436 e. The van der Waals surface area contributed by atoms with Gasteiger partial charge in [0.05, 0.1) is 0 Å². The molecule has 0 aliphatic rings. The molecule has 0 unspecified atom stereocenters. The van der Waals surface area contributed by atoms with E-state index in [1.807, 2.05) is 30.3 Å². The molecule has 0 radical (unpaired) electrons. The number of hydrogen-bond acceptors (Lipinski definition) is 4. The van der Waals surface area contributed by atoms with Crippen LogP contribution in [0.3, 0.4) is 0 Å². The highest BCUT2D eigenvalue weighted by molar-refractivity contribution is 7.25. The fourth-order valence-electron chi connectivity index (χ4n) is 8.88. The predicted octanol–water partition coefficient (Wildman–Crippen LogP) is 16.6. The number of fused-ring (bicyclic) bond motifs is 6. The average Bonchev–Trinajstić information content (AvgIpc) is 3.91. The predicted molar refractivity (Wildman–Crippen MR) is 258 cm³/mol. The molecule has 0 aliphatic carbocycles. The second-order valence-electron chi connectivity index (χ2n) is 15.6. The zero-order chi connectivity index (χ0) is 40.3. The van der Waals surface area contributed by atoms with Crippen molar-refractivity contribution in [1.29, 1.82) is 0 Å². The molecule has 61 heavy (non-hydrogen) atoms. The first-order chi connectivity index (χ1) is 30.2. The van der Waals surface area contributed by atoms with Crippen LogP contribution in [0.4, 0.5) is 17.1 Å². The number of hydrogen-bond donors (Lipinski definition) is 0. The van der Waals surface area contributed by atoms with Crippen molar-refractivity contribution >= 4 is 81.2 Å². The van der Waals surface area contributed by atoms with Crippen molar-refractivity contribution in [2.24, 2.45) is 0 Å². The first-order valence-electron chi connectivity index (χ1n) is 20.6. The highest BCUT2D eigenvalue weighted by Crippen LogP contribution is 2.45. The number of nitrogens with zero attached hydrogens (tertiary/aromatic N) is 2. The van der Waals surface area contributed by atoms with Crippen LogP contribution in [0.2, 0.25) is 0 Å². The van der Waals surface area contributed by atoms with Gasteiger partial charge in [-0.2, -0.15) is 0 Å². The van der Waals surface area contributed by atoms with Gasteiger partial charge < -0.3 is 9.32 Å². The summed E-state index contributed by atoms with van der Waals surface area (Å²) in [6.45, 7) is 0. The number of anilines is 3. The molecule has 0 bridgehead atoms. The molecule has 4 heteroatoms. The number of oxazole rings is 1. The molecule has 0 saturated heterocycles. The van der Waals surface area contributed by atoms with Crippen molar-refractivity contribution in [3.8, 4) is 44.8 Å². The molecule has 0 fully saturated rings. The number of thiophene rings is 1. The van der Waals surface area contributed by atoms with Crippen LogP contribution in [0.15, 0.2) is 223 Å². The van der Waals surface area contributed by atoms with Crippen molar-refractivity contribution in [2.45, 2.75) is 0 Å². The smallest absolute Gasteiger partial charge is 0.227 e. The van der Waals surface area contributed by atoms with Crippen molar-refractivity contribution < 1.29 is 4.42 Å². The summed E-state index contributed by atoms with van der Waals surface area (Å²) in [5.74, 6) is 0.642. The Labute approximate surface area is 357 Å². The molecule has 0 saturated carbocycles. The summed E-state index contributed by atoms with van der Waals surface area (Å²) < 4.78 is 8.71. The van der Waals surface area contributed by atoms with Gasteiger partial charge >= 0.3 is 0 Å². The van der Waals surface area contributed by atoms with Crippen LogP contribution in [0.1, 0.15) is 0 Å². The fraction of sp³-hybridized carbons (Fsp3) is 0. The molecule has 0 atom stereocenters. The molecule has 10 aromatic carbocycles. The average molecular weight is 797 g/mol. The van der Waals surface area contributed by atoms with Crippen LogP contribution in [-0.2, 0) is 0 Å². The molecule has 0 aliphatic heterocycles. The topological polar surface area (TPSA) is 29.3 Å². The summed E-state index contributed by atoms with van der Waals surface area (Å²) in [7, 11) is 0. The maximum atomic E-state index is 6.32. The normalized spacial score (nSPS) is 11.6. The van der Waals surface area contributed by atoms with E-state index in [0.717, 1.165) is 33.7 Å². The van der Waals surface area contributed by atoms with Gasteiger partial charge in [0.2, 0.25) is 5.89 Å². The molecule has 3 nitrogen and oxygen atoms in total. The van der Waals surface area contributed by atoms with E-state index in [2.05, 4.69) is 193 Å². The Morgan fingerprint density at radius 2 is 1.00 bits per heavy atom. The minimum atomic E-state index is 0.642. The Bertz CT molecular complexity index is 3580. The van der Waals surface area contributed by atoms with Gasteiger partial charge in [0.15, 0.2) is 5.58 Å². The van der Waals surface area contributed by atoms with Crippen LogP contribution in [0.5, 0.6) is 0 Å². The van der Waals surface area contributed by atoms with Crippen LogP contribution in [0.25, 0.3) is 97.7 Å². The van der Waals surface area contributed by atoms with E-state index in [9.17, 15) is 0 Å². The van der Waals surface area contributed by atoms with Gasteiger partial charge in [0.25, 0.3) is 0 Å². The molecule has 0 amide bonds. The van der Waals surface area contributed by atoms with E-state index < -0.39 is 0 Å². The maximum Gasteiger partial charge on any atom is 0.227 e. The van der Waals surface area contributed by atoms with Crippen LogP contribution in [-0.4, -0.2) is 4.98 Å². The first kappa shape index (κ1) is 35.2. The van der Waals surface area contributed by atoms with Gasteiger partial charge in [-0.15, -0.1) is 11.3 Å². The molecule has 2 heterocycles. The van der Waals surface area contributed by atoms with Gasteiger partial charge in [0, 0.05) is 42.8 Å². The third-order valence-corrected chi connectivity index (χ3v) is 13.0. The third-order valence-electron chi connectivity index (χ3n) is 11.9. The standard InChI is InChI=1S/C57H36N2OS/c1-3-13-39(14-4-1)51-33-45(28-30-49(51)43-23-22-37-12-7-8-18-42(37)32-43)59(44-26-24-40(25-27-44)48-21-11-19-38-15-9-10-20-47(38)48)46-29-31-50-52-35-54-53(36-56(52)61-55(50)34-46)58-57(60-54)41-16-5-2-6-17-41/h1-36H. The Morgan fingerprint density at radius 1 is 0.361 bits per heavy atom. The quantitative estimate of drug-likeness (QED) is 0.161. The van der Waals surface area contributed by atoms with Crippen molar-refractivity contribution in [3.63, 3.8) is 0 Å². The molecule has 0 N–H and O–H groups in total. The second-order valence-corrected chi connectivity index (χ2v) is 16.6. The molecular weight excluding hydrogens is 761 g/mol. The van der Waals surface area contributed by atoms with Gasteiger partial charge in [-0.25, -0.2) is 4.98 Å².